The van der Waals surface area contributed by atoms with Crippen LogP contribution in [0, 0.1) is 11.6 Å². The molecule has 0 atom stereocenters. The van der Waals surface area contributed by atoms with Gasteiger partial charge in [-0.05, 0) is 23.6 Å². The third-order valence-electron chi connectivity index (χ3n) is 6.48. The van der Waals surface area contributed by atoms with Crippen LogP contribution in [0.25, 0.3) is 0 Å². The Labute approximate surface area is 234 Å². The van der Waals surface area contributed by atoms with Crippen molar-refractivity contribution < 1.29 is 37.4 Å². The summed E-state index contributed by atoms with van der Waals surface area (Å²) in [7, 11) is 2.80. The molecular weight excluding hydrogens is 540 g/mol. The van der Waals surface area contributed by atoms with Gasteiger partial charge in [-0.1, -0.05) is 36.4 Å². The van der Waals surface area contributed by atoms with Crippen molar-refractivity contribution in [3.63, 3.8) is 0 Å². The molecule has 0 N–H and O–H groups in total. The van der Waals surface area contributed by atoms with Gasteiger partial charge in [-0.3, -0.25) is 19.2 Å². The van der Waals surface area contributed by atoms with E-state index in [1.54, 1.807) is 30.3 Å². The summed E-state index contributed by atoms with van der Waals surface area (Å²) in [5.74, 6) is -3.80. The van der Waals surface area contributed by atoms with Crippen molar-refractivity contribution in [1.29, 1.82) is 0 Å². The molecule has 1 aliphatic rings. The highest BCUT2D eigenvalue weighted by Crippen LogP contribution is 2.24. The minimum Gasteiger partial charge on any atom is -0.482 e. The van der Waals surface area contributed by atoms with Gasteiger partial charge in [0.1, 0.15) is 31.5 Å². The van der Waals surface area contributed by atoms with E-state index in [1.165, 1.54) is 30.2 Å². The summed E-state index contributed by atoms with van der Waals surface area (Å²) in [6, 6.07) is 11.9. The molecule has 0 saturated carbocycles. The topological polar surface area (TPSA) is 107 Å². The number of rotatable bonds is 12. The summed E-state index contributed by atoms with van der Waals surface area (Å²) in [5.41, 5.74) is -0.649. The molecule has 2 heterocycles. The Morgan fingerprint density at radius 3 is 2.44 bits per heavy atom. The van der Waals surface area contributed by atoms with Crippen molar-refractivity contribution in [2.24, 2.45) is 0 Å². The molecule has 4 rings (SSSR count). The molecule has 3 aromatic rings. The maximum absolute atomic E-state index is 14.2. The molecule has 10 nitrogen and oxygen atoms in total. The predicted octanol–water partition coefficient (Wildman–Crippen LogP) is 2.69. The first-order chi connectivity index (χ1) is 19.7. The van der Waals surface area contributed by atoms with Crippen LogP contribution >= 0.6 is 0 Å². The van der Waals surface area contributed by atoms with E-state index in [-0.39, 0.29) is 62.7 Å². The van der Waals surface area contributed by atoms with Gasteiger partial charge in [-0.15, -0.1) is 0 Å². The van der Waals surface area contributed by atoms with Crippen molar-refractivity contribution in [3.8, 4) is 5.75 Å². The number of fused-ring (bicyclic) bond motifs is 1. The van der Waals surface area contributed by atoms with Gasteiger partial charge in [0.2, 0.25) is 5.43 Å². The normalized spacial score (nSPS) is 12.8. The minimum atomic E-state index is -0.849. The SMILES string of the molecule is COCCN1CN(C(=O)COC)n2cc(C(=O)CCc3ccc(F)cc3F)c(=O)c(OCc3ccccc3)c2C1=O. The first kappa shape index (κ1) is 29.6. The lowest BCUT2D eigenvalue weighted by Crippen LogP contribution is -2.58. The third-order valence-corrected chi connectivity index (χ3v) is 6.48. The maximum atomic E-state index is 14.2. The van der Waals surface area contributed by atoms with Crippen LogP contribution in [0.5, 0.6) is 5.75 Å². The van der Waals surface area contributed by atoms with E-state index in [0.29, 0.717) is 11.6 Å². The molecule has 2 aromatic carbocycles. The number of aryl methyl sites for hydroxylation is 1. The Morgan fingerprint density at radius 2 is 1.76 bits per heavy atom. The number of methoxy groups -OCH3 is 2. The van der Waals surface area contributed by atoms with Crippen molar-refractivity contribution >= 4 is 17.6 Å². The second-order valence-corrected chi connectivity index (χ2v) is 9.26. The van der Waals surface area contributed by atoms with Crippen molar-refractivity contribution in [2.75, 3.05) is 45.7 Å². The van der Waals surface area contributed by atoms with Gasteiger partial charge in [-0.25, -0.2) is 18.5 Å². The Kier molecular flexibility index (Phi) is 9.58. The molecule has 0 aliphatic carbocycles. The molecule has 0 radical (unpaired) electrons. The fraction of sp³-hybridized carbons (Fsp3) is 0.310. The number of hydrogen-bond acceptors (Lipinski definition) is 7. The smallest absolute Gasteiger partial charge is 0.278 e. The van der Waals surface area contributed by atoms with Crippen LogP contribution in [0.15, 0.2) is 59.5 Å². The summed E-state index contributed by atoms with van der Waals surface area (Å²) < 4.78 is 44.6. The van der Waals surface area contributed by atoms with Gasteiger partial charge in [-0.2, -0.15) is 0 Å². The maximum Gasteiger partial charge on any atom is 0.278 e. The summed E-state index contributed by atoms with van der Waals surface area (Å²) in [6.07, 6.45) is 0.715. The second-order valence-electron chi connectivity index (χ2n) is 9.26. The number of carbonyl (C=O) groups excluding carboxylic acids is 3. The van der Waals surface area contributed by atoms with Gasteiger partial charge in [0.15, 0.2) is 17.2 Å². The molecule has 0 bridgehead atoms. The first-order valence-electron chi connectivity index (χ1n) is 12.8. The number of hydrogen-bond donors (Lipinski definition) is 0. The largest absolute Gasteiger partial charge is 0.482 e. The number of nitrogens with zero attached hydrogens (tertiary/aromatic N) is 3. The van der Waals surface area contributed by atoms with E-state index in [1.807, 2.05) is 0 Å². The lowest BCUT2D eigenvalue weighted by molar-refractivity contribution is -0.124. The molecule has 1 aliphatic heterocycles. The molecule has 0 fully saturated rings. The van der Waals surface area contributed by atoms with Crippen molar-refractivity contribution in [2.45, 2.75) is 19.4 Å². The molecule has 216 valence electrons. The van der Waals surface area contributed by atoms with Gasteiger partial charge in [0.25, 0.3) is 11.8 Å². The predicted molar refractivity (Wildman–Crippen MR) is 143 cm³/mol. The van der Waals surface area contributed by atoms with E-state index in [0.717, 1.165) is 16.9 Å². The monoisotopic (exact) mass is 569 g/mol. The minimum absolute atomic E-state index is 0.0965. The summed E-state index contributed by atoms with van der Waals surface area (Å²) in [5, 5.41) is 1.17. The Hall–Kier alpha value is -4.42. The highest BCUT2D eigenvalue weighted by molar-refractivity contribution is 6.02. The summed E-state index contributed by atoms with van der Waals surface area (Å²) in [6.45, 7) is -0.363. The van der Waals surface area contributed by atoms with Crippen LogP contribution in [0.4, 0.5) is 8.78 Å². The molecule has 12 heteroatoms. The number of aromatic nitrogens is 1. The van der Waals surface area contributed by atoms with Gasteiger partial charge in [0.05, 0.1) is 12.2 Å². The fourth-order valence-corrected chi connectivity index (χ4v) is 4.35. The van der Waals surface area contributed by atoms with Gasteiger partial charge >= 0.3 is 0 Å². The highest BCUT2D eigenvalue weighted by atomic mass is 19.1. The van der Waals surface area contributed by atoms with Crippen LogP contribution in [-0.4, -0.2) is 67.8 Å². The Morgan fingerprint density at radius 1 is 1.00 bits per heavy atom. The second kappa shape index (κ2) is 13.3. The molecular formula is C29H29F2N3O7. The zero-order chi connectivity index (χ0) is 29.5. The number of ketones is 1. The number of carbonyl (C=O) groups is 3. The number of benzene rings is 2. The standard InChI is InChI=1S/C29H29F2N3O7/c1-39-13-12-32-18-34(25(36)17-40-2)33-15-22(24(35)11-9-20-8-10-21(30)14-23(20)31)27(37)28(26(33)29(32)38)41-16-19-6-4-3-5-7-19/h3-8,10,14-15H,9,11-13,16-18H2,1-2H3. The van der Waals surface area contributed by atoms with Crippen LogP contribution in [0.2, 0.25) is 0 Å². The van der Waals surface area contributed by atoms with E-state index >= 15 is 0 Å². The number of halogens is 2. The van der Waals surface area contributed by atoms with E-state index in [4.69, 9.17) is 14.2 Å². The molecule has 2 amide bonds. The molecule has 0 spiro atoms. The Bertz CT molecular complexity index is 1490. The zero-order valence-electron chi connectivity index (χ0n) is 22.6. The molecule has 1 aromatic heterocycles. The molecule has 41 heavy (non-hydrogen) atoms. The van der Waals surface area contributed by atoms with Crippen LogP contribution in [0.3, 0.4) is 0 Å². The van der Waals surface area contributed by atoms with Crippen LogP contribution in [0.1, 0.15) is 38.4 Å². The van der Waals surface area contributed by atoms with Crippen LogP contribution in [-0.2, 0) is 27.3 Å². The number of ether oxygens (including phenoxy) is 3. The number of Topliss-reactive ketones (excluding diaryl/α,β-unsaturated/α-hetero) is 1. The Balaban J connectivity index is 1.79. The van der Waals surface area contributed by atoms with Gasteiger partial charge < -0.3 is 19.1 Å². The van der Waals surface area contributed by atoms with Crippen molar-refractivity contribution in [1.82, 2.24) is 9.58 Å². The van der Waals surface area contributed by atoms with Crippen LogP contribution < -0.4 is 15.2 Å². The quantitative estimate of drug-likeness (QED) is 0.309. The highest BCUT2D eigenvalue weighted by Gasteiger charge is 2.37. The molecule has 0 saturated heterocycles. The lowest BCUT2D eigenvalue weighted by Gasteiger charge is -2.38. The fourth-order valence-electron chi connectivity index (χ4n) is 4.35. The first-order valence-corrected chi connectivity index (χ1v) is 12.8. The summed E-state index contributed by atoms with van der Waals surface area (Å²) in [4.78, 5) is 55.0. The van der Waals surface area contributed by atoms with Crippen molar-refractivity contribution in [3.05, 3.63) is 99.0 Å². The molecule has 0 unspecified atom stereocenters. The number of amides is 2. The van der Waals surface area contributed by atoms with Gasteiger partial charge in [0, 0.05) is 39.4 Å². The van der Waals surface area contributed by atoms with E-state index in [9.17, 15) is 28.0 Å². The third kappa shape index (κ3) is 6.67. The average Bonchev–Trinajstić information content (AvgIpc) is 2.96. The number of pyridine rings is 1. The average molecular weight is 570 g/mol. The van der Waals surface area contributed by atoms with E-state index in [2.05, 4.69) is 0 Å². The zero-order valence-corrected chi connectivity index (χ0v) is 22.6. The lowest BCUT2D eigenvalue weighted by atomic mass is 10.0. The summed E-state index contributed by atoms with van der Waals surface area (Å²) >= 11 is 0. The van der Waals surface area contributed by atoms with E-state index < -0.39 is 40.4 Å².